The largest absolute Gasteiger partial charge is 0.399 e. The van der Waals surface area contributed by atoms with Gasteiger partial charge >= 0.3 is 0 Å². The van der Waals surface area contributed by atoms with Gasteiger partial charge in [0.05, 0.1) is 5.56 Å². The molecule has 0 fully saturated rings. The van der Waals surface area contributed by atoms with Gasteiger partial charge in [0, 0.05) is 12.1 Å². The van der Waals surface area contributed by atoms with Crippen LogP contribution in [0.4, 0.5) is 14.5 Å². The molecule has 0 aliphatic heterocycles. The van der Waals surface area contributed by atoms with Gasteiger partial charge in [-0.15, -0.1) is 0 Å². The molecule has 18 heavy (non-hydrogen) atoms. The van der Waals surface area contributed by atoms with Gasteiger partial charge in [0.15, 0.2) is 17.4 Å². The maximum atomic E-state index is 13.4. The topological polar surface area (TPSA) is 43.1 Å². The van der Waals surface area contributed by atoms with Crippen molar-refractivity contribution >= 4 is 11.5 Å². The minimum absolute atomic E-state index is 0.0145. The number of nitrogens with two attached hydrogens (primary N) is 1. The number of hydrogen-bond acceptors (Lipinski definition) is 2. The van der Waals surface area contributed by atoms with Gasteiger partial charge < -0.3 is 5.73 Å². The fraction of sp³-hybridized carbons (Fsp3) is 0.0714. The van der Waals surface area contributed by atoms with E-state index in [0.29, 0.717) is 11.3 Å². The van der Waals surface area contributed by atoms with Crippen molar-refractivity contribution in [2.45, 2.75) is 6.42 Å². The molecule has 0 bridgehead atoms. The molecule has 0 aromatic heterocycles. The molecule has 0 heterocycles. The van der Waals surface area contributed by atoms with Crippen LogP contribution in [0.5, 0.6) is 0 Å². The first-order valence-corrected chi connectivity index (χ1v) is 5.39. The Bertz CT molecular complexity index is 579. The molecular formula is C14H11F2NO. The number of halogens is 2. The van der Waals surface area contributed by atoms with Gasteiger partial charge in [-0.2, -0.15) is 0 Å². The number of benzene rings is 2. The highest BCUT2D eigenvalue weighted by atomic mass is 19.2. The molecule has 0 aliphatic carbocycles. The van der Waals surface area contributed by atoms with Crippen molar-refractivity contribution in [2.24, 2.45) is 0 Å². The molecule has 2 aromatic carbocycles. The lowest BCUT2D eigenvalue weighted by Gasteiger charge is -2.04. The number of rotatable bonds is 3. The van der Waals surface area contributed by atoms with Crippen LogP contribution < -0.4 is 5.73 Å². The van der Waals surface area contributed by atoms with Gasteiger partial charge in [-0.25, -0.2) is 8.78 Å². The fourth-order valence-corrected chi connectivity index (χ4v) is 1.64. The van der Waals surface area contributed by atoms with Gasteiger partial charge in [0.2, 0.25) is 0 Å². The molecule has 0 amide bonds. The maximum Gasteiger partial charge on any atom is 0.170 e. The molecular weight excluding hydrogens is 236 g/mol. The Morgan fingerprint density at radius 1 is 1.06 bits per heavy atom. The van der Waals surface area contributed by atoms with Crippen molar-refractivity contribution in [2.75, 3.05) is 5.73 Å². The van der Waals surface area contributed by atoms with E-state index in [4.69, 9.17) is 5.73 Å². The van der Waals surface area contributed by atoms with Crippen molar-refractivity contribution in [3.8, 4) is 0 Å². The van der Waals surface area contributed by atoms with Crippen LogP contribution in [-0.4, -0.2) is 5.78 Å². The Balaban J connectivity index is 2.22. The standard InChI is InChI=1S/C14H11F2NO/c15-12-3-1-2-11(14(12)16)13(18)8-9-4-6-10(17)7-5-9/h1-7H,8,17H2. The minimum Gasteiger partial charge on any atom is -0.399 e. The van der Waals surface area contributed by atoms with Crippen molar-refractivity contribution in [3.63, 3.8) is 0 Å². The second-order valence-electron chi connectivity index (χ2n) is 3.94. The SMILES string of the molecule is Nc1ccc(CC(=O)c2cccc(F)c2F)cc1. The Hall–Kier alpha value is -2.23. The van der Waals surface area contributed by atoms with Crippen LogP contribution in [0.3, 0.4) is 0 Å². The number of anilines is 1. The number of nitrogen functional groups attached to an aromatic ring is 1. The summed E-state index contributed by atoms with van der Waals surface area (Å²) in [4.78, 5) is 11.8. The third kappa shape index (κ3) is 2.53. The van der Waals surface area contributed by atoms with E-state index in [-0.39, 0.29) is 12.0 Å². The minimum atomic E-state index is -1.10. The van der Waals surface area contributed by atoms with Crippen LogP contribution in [-0.2, 0) is 6.42 Å². The van der Waals surface area contributed by atoms with Gasteiger partial charge in [0.25, 0.3) is 0 Å². The van der Waals surface area contributed by atoms with Crippen LogP contribution in [0.2, 0.25) is 0 Å². The van der Waals surface area contributed by atoms with Crippen LogP contribution in [0.25, 0.3) is 0 Å². The summed E-state index contributed by atoms with van der Waals surface area (Å²) in [6.45, 7) is 0. The monoisotopic (exact) mass is 247 g/mol. The summed E-state index contributed by atoms with van der Waals surface area (Å²) in [5.74, 6) is -2.58. The molecule has 2 rings (SSSR count). The highest BCUT2D eigenvalue weighted by Gasteiger charge is 2.15. The molecule has 92 valence electrons. The van der Waals surface area contributed by atoms with Crippen molar-refractivity contribution in [3.05, 3.63) is 65.2 Å². The normalized spacial score (nSPS) is 10.3. The van der Waals surface area contributed by atoms with Crippen LogP contribution in [0.1, 0.15) is 15.9 Å². The molecule has 0 unspecified atom stereocenters. The maximum absolute atomic E-state index is 13.4. The predicted octanol–water partition coefficient (Wildman–Crippen LogP) is 2.97. The van der Waals surface area contributed by atoms with Gasteiger partial charge in [-0.1, -0.05) is 18.2 Å². The fourth-order valence-electron chi connectivity index (χ4n) is 1.64. The summed E-state index contributed by atoms with van der Waals surface area (Å²) in [6.07, 6.45) is 0.0145. The van der Waals surface area contributed by atoms with Crippen molar-refractivity contribution < 1.29 is 13.6 Å². The van der Waals surface area contributed by atoms with Gasteiger partial charge in [-0.05, 0) is 29.8 Å². The first-order chi connectivity index (χ1) is 8.58. The molecule has 0 atom stereocenters. The van der Waals surface area contributed by atoms with E-state index in [2.05, 4.69) is 0 Å². The summed E-state index contributed by atoms with van der Waals surface area (Å²) >= 11 is 0. The van der Waals surface area contributed by atoms with E-state index in [0.717, 1.165) is 6.07 Å². The molecule has 0 aliphatic rings. The average Bonchev–Trinajstić information content (AvgIpc) is 2.35. The molecule has 0 radical (unpaired) electrons. The summed E-state index contributed by atoms with van der Waals surface area (Å²) in [7, 11) is 0. The highest BCUT2D eigenvalue weighted by molar-refractivity contribution is 5.97. The number of Topliss-reactive ketones (excluding diaryl/α,β-unsaturated/α-hetero) is 1. The summed E-state index contributed by atoms with van der Waals surface area (Å²) in [5, 5.41) is 0. The third-order valence-electron chi connectivity index (χ3n) is 2.60. The number of carbonyl (C=O) groups excluding carboxylic acids is 1. The molecule has 0 saturated heterocycles. The number of carbonyl (C=O) groups is 1. The van der Waals surface area contributed by atoms with Crippen molar-refractivity contribution in [1.29, 1.82) is 0 Å². The molecule has 2 aromatic rings. The smallest absolute Gasteiger partial charge is 0.170 e. The Morgan fingerprint density at radius 3 is 2.39 bits per heavy atom. The first kappa shape index (κ1) is 12.2. The highest BCUT2D eigenvalue weighted by Crippen LogP contribution is 2.15. The summed E-state index contributed by atoms with van der Waals surface area (Å²) in [6, 6.07) is 10.3. The van der Waals surface area contributed by atoms with Gasteiger partial charge in [0.1, 0.15) is 0 Å². The lowest BCUT2D eigenvalue weighted by Crippen LogP contribution is -2.07. The molecule has 4 heteroatoms. The van der Waals surface area contributed by atoms with Crippen molar-refractivity contribution in [1.82, 2.24) is 0 Å². The zero-order valence-corrected chi connectivity index (χ0v) is 9.49. The Morgan fingerprint density at radius 2 is 1.72 bits per heavy atom. The predicted molar refractivity (Wildman–Crippen MR) is 65.2 cm³/mol. The Kier molecular flexibility index (Phi) is 3.37. The molecule has 2 nitrogen and oxygen atoms in total. The number of hydrogen-bond donors (Lipinski definition) is 1. The van der Waals surface area contributed by atoms with E-state index in [1.165, 1.54) is 12.1 Å². The van der Waals surface area contributed by atoms with E-state index in [9.17, 15) is 13.6 Å². The lowest BCUT2D eigenvalue weighted by atomic mass is 10.0. The third-order valence-corrected chi connectivity index (χ3v) is 2.60. The molecule has 2 N–H and O–H groups in total. The quantitative estimate of drug-likeness (QED) is 0.669. The zero-order chi connectivity index (χ0) is 13.1. The van der Waals surface area contributed by atoms with Crippen LogP contribution >= 0.6 is 0 Å². The molecule has 0 saturated carbocycles. The average molecular weight is 247 g/mol. The van der Waals surface area contributed by atoms with Crippen LogP contribution in [0.15, 0.2) is 42.5 Å². The number of ketones is 1. The molecule has 0 spiro atoms. The van der Waals surface area contributed by atoms with Crippen LogP contribution in [0, 0.1) is 11.6 Å². The second kappa shape index (κ2) is 4.96. The van der Waals surface area contributed by atoms with E-state index in [1.807, 2.05) is 0 Å². The zero-order valence-electron chi connectivity index (χ0n) is 9.49. The van der Waals surface area contributed by atoms with Gasteiger partial charge in [-0.3, -0.25) is 4.79 Å². The van der Waals surface area contributed by atoms with E-state index >= 15 is 0 Å². The summed E-state index contributed by atoms with van der Waals surface area (Å²) < 4.78 is 26.4. The first-order valence-electron chi connectivity index (χ1n) is 5.39. The van der Waals surface area contributed by atoms with E-state index in [1.54, 1.807) is 24.3 Å². The summed E-state index contributed by atoms with van der Waals surface area (Å²) in [5.41, 5.74) is 6.58. The second-order valence-corrected chi connectivity index (χ2v) is 3.94. The Labute approximate surface area is 103 Å². The lowest BCUT2D eigenvalue weighted by molar-refractivity contribution is 0.0988. The van der Waals surface area contributed by atoms with E-state index < -0.39 is 17.4 Å².